The first kappa shape index (κ1) is 14.1. The number of nitrogens with two attached hydrogens (primary N) is 1. The summed E-state index contributed by atoms with van der Waals surface area (Å²) in [6, 6.07) is 0. The monoisotopic (exact) mass is 281 g/mol. The van der Waals surface area contributed by atoms with Crippen LogP contribution in [-0.4, -0.2) is 33.4 Å². The van der Waals surface area contributed by atoms with Crippen molar-refractivity contribution in [2.24, 2.45) is 5.84 Å². The minimum atomic E-state index is -0.204. The molecule has 0 bridgehead atoms. The highest BCUT2D eigenvalue weighted by Gasteiger charge is 2.33. The van der Waals surface area contributed by atoms with Crippen molar-refractivity contribution in [1.29, 1.82) is 0 Å². The van der Waals surface area contributed by atoms with Gasteiger partial charge in [-0.3, -0.25) is 9.78 Å². The van der Waals surface area contributed by atoms with Crippen molar-refractivity contribution in [2.75, 3.05) is 18.2 Å². The molecule has 104 valence electrons. The second-order valence-corrected chi connectivity index (χ2v) is 5.99. The Morgan fingerprint density at radius 3 is 2.84 bits per heavy atom. The number of hydrazine groups is 1. The van der Waals surface area contributed by atoms with Gasteiger partial charge in [0.15, 0.2) is 5.82 Å². The second kappa shape index (κ2) is 6.21. The van der Waals surface area contributed by atoms with Crippen molar-refractivity contribution in [2.45, 2.75) is 30.4 Å². The molecular formula is C12H19N5OS. The SMILES string of the molecule is CSC1(CNC(=O)c2cncc(NN)n2)CCCC1. The molecule has 1 heterocycles. The summed E-state index contributed by atoms with van der Waals surface area (Å²) in [6.45, 7) is 0.676. The predicted octanol–water partition coefficient (Wildman–Crippen LogP) is 1.17. The van der Waals surface area contributed by atoms with Gasteiger partial charge in [0.1, 0.15) is 5.69 Å². The smallest absolute Gasteiger partial charge is 0.271 e. The number of anilines is 1. The molecule has 4 N–H and O–H groups in total. The van der Waals surface area contributed by atoms with Gasteiger partial charge in [-0.15, -0.1) is 0 Å². The molecule has 1 amide bonds. The molecule has 1 aromatic rings. The van der Waals surface area contributed by atoms with Gasteiger partial charge in [-0.05, 0) is 19.1 Å². The van der Waals surface area contributed by atoms with E-state index in [-0.39, 0.29) is 16.3 Å². The summed E-state index contributed by atoms with van der Waals surface area (Å²) in [5.41, 5.74) is 2.66. The number of aromatic nitrogens is 2. The number of hydrogen-bond acceptors (Lipinski definition) is 6. The number of rotatable bonds is 5. The first-order valence-electron chi connectivity index (χ1n) is 6.31. The molecule has 1 aromatic heterocycles. The van der Waals surface area contributed by atoms with Crippen LogP contribution in [0.1, 0.15) is 36.2 Å². The van der Waals surface area contributed by atoms with Crippen LogP contribution in [-0.2, 0) is 0 Å². The summed E-state index contributed by atoms with van der Waals surface area (Å²) in [6.07, 6.45) is 9.81. The molecule has 6 nitrogen and oxygen atoms in total. The van der Waals surface area contributed by atoms with Crippen LogP contribution in [0.2, 0.25) is 0 Å². The fourth-order valence-electron chi connectivity index (χ4n) is 2.35. The van der Waals surface area contributed by atoms with Crippen LogP contribution in [0.3, 0.4) is 0 Å². The van der Waals surface area contributed by atoms with Crippen LogP contribution < -0.4 is 16.6 Å². The van der Waals surface area contributed by atoms with Crippen molar-refractivity contribution in [3.63, 3.8) is 0 Å². The van der Waals surface area contributed by atoms with Gasteiger partial charge >= 0.3 is 0 Å². The third kappa shape index (κ3) is 3.36. The lowest BCUT2D eigenvalue weighted by atomic mass is 10.1. The fraction of sp³-hybridized carbons (Fsp3) is 0.583. The summed E-state index contributed by atoms with van der Waals surface area (Å²) in [4.78, 5) is 20.0. The third-order valence-electron chi connectivity index (χ3n) is 3.53. The van der Waals surface area contributed by atoms with Crippen molar-refractivity contribution >= 4 is 23.5 Å². The van der Waals surface area contributed by atoms with E-state index in [9.17, 15) is 4.79 Å². The molecule has 0 saturated heterocycles. The van der Waals surface area contributed by atoms with Gasteiger partial charge in [-0.25, -0.2) is 10.8 Å². The molecule has 19 heavy (non-hydrogen) atoms. The number of nitrogens with one attached hydrogen (secondary N) is 2. The van der Waals surface area contributed by atoms with E-state index in [1.54, 1.807) is 0 Å². The summed E-state index contributed by atoms with van der Waals surface area (Å²) in [5.74, 6) is 5.43. The van der Waals surface area contributed by atoms with Crippen molar-refractivity contribution in [3.05, 3.63) is 18.1 Å². The van der Waals surface area contributed by atoms with Crippen molar-refractivity contribution < 1.29 is 4.79 Å². The standard InChI is InChI=1S/C12H19N5OS/c1-19-12(4-2-3-5-12)8-15-11(18)9-6-14-7-10(16-9)17-13/h6-7H,2-5,8,13H2,1H3,(H,15,18)(H,16,17). The third-order valence-corrected chi connectivity index (χ3v) is 4.95. The Hall–Kier alpha value is -1.34. The largest absolute Gasteiger partial charge is 0.349 e. The van der Waals surface area contributed by atoms with Crippen LogP contribution in [0.25, 0.3) is 0 Å². The molecule has 2 rings (SSSR count). The maximum absolute atomic E-state index is 12.0. The number of amides is 1. The molecule has 0 atom stereocenters. The second-order valence-electron chi connectivity index (χ2n) is 4.71. The first-order valence-corrected chi connectivity index (χ1v) is 7.54. The lowest BCUT2D eigenvalue weighted by molar-refractivity contribution is 0.0944. The van der Waals surface area contributed by atoms with Crippen LogP contribution in [0, 0.1) is 0 Å². The number of carbonyl (C=O) groups is 1. The van der Waals surface area contributed by atoms with Gasteiger partial charge in [-0.1, -0.05) is 12.8 Å². The summed E-state index contributed by atoms with van der Waals surface area (Å²) in [5, 5.41) is 2.95. The summed E-state index contributed by atoms with van der Waals surface area (Å²) >= 11 is 1.84. The van der Waals surface area contributed by atoms with E-state index in [4.69, 9.17) is 5.84 Å². The molecule has 0 aromatic carbocycles. The number of hydrogen-bond donors (Lipinski definition) is 3. The Bertz CT molecular complexity index is 448. The van der Waals surface area contributed by atoms with Crippen LogP contribution in [0.15, 0.2) is 12.4 Å². The van der Waals surface area contributed by atoms with Crippen molar-refractivity contribution in [1.82, 2.24) is 15.3 Å². The van der Waals surface area contributed by atoms with E-state index in [2.05, 4.69) is 27.0 Å². The zero-order chi connectivity index (χ0) is 13.7. The molecule has 0 radical (unpaired) electrons. The lowest BCUT2D eigenvalue weighted by Gasteiger charge is -2.26. The van der Waals surface area contributed by atoms with Gasteiger partial charge in [0.05, 0.1) is 12.4 Å². The molecule has 1 aliphatic carbocycles. The zero-order valence-electron chi connectivity index (χ0n) is 11.0. The lowest BCUT2D eigenvalue weighted by Crippen LogP contribution is -2.38. The van der Waals surface area contributed by atoms with Crippen LogP contribution in [0.4, 0.5) is 5.82 Å². The Kier molecular flexibility index (Phi) is 4.60. The zero-order valence-corrected chi connectivity index (χ0v) is 11.8. The highest BCUT2D eigenvalue weighted by Crippen LogP contribution is 2.39. The van der Waals surface area contributed by atoms with E-state index in [0.29, 0.717) is 12.4 Å². The predicted molar refractivity (Wildman–Crippen MR) is 76.9 cm³/mol. The molecule has 1 fully saturated rings. The molecule has 1 aliphatic rings. The van der Waals surface area contributed by atoms with E-state index in [1.807, 2.05) is 11.8 Å². The van der Waals surface area contributed by atoms with Gasteiger partial charge in [-0.2, -0.15) is 11.8 Å². The minimum absolute atomic E-state index is 0.187. The number of nitrogen functional groups attached to an aromatic ring is 1. The topological polar surface area (TPSA) is 92.9 Å². The minimum Gasteiger partial charge on any atom is -0.349 e. The first-order chi connectivity index (χ1) is 9.19. The molecule has 0 unspecified atom stereocenters. The van der Waals surface area contributed by atoms with E-state index in [1.165, 1.54) is 25.2 Å². The van der Waals surface area contributed by atoms with Gasteiger partial charge < -0.3 is 10.7 Å². The van der Waals surface area contributed by atoms with Crippen LogP contribution >= 0.6 is 11.8 Å². The van der Waals surface area contributed by atoms with Gasteiger partial charge in [0.2, 0.25) is 0 Å². The van der Waals surface area contributed by atoms with E-state index in [0.717, 1.165) is 12.8 Å². The average molecular weight is 281 g/mol. The summed E-state index contributed by atoms with van der Waals surface area (Å²) < 4.78 is 0.187. The molecule has 0 spiro atoms. The molecule has 7 heteroatoms. The Morgan fingerprint density at radius 1 is 1.47 bits per heavy atom. The molecule has 0 aliphatic heterocycles. The van der Waals surface area contributed by atoms with Gasteiger partial charge in [0, 0.05) is 11.3 Å². The maximum atomic E-state index is 12.0. The number of nitrogens with zero attached hydrogens (tertiary/aromatic N) is 2. The Morgan fingerprint density at radius 2 is 2.21 bits per heavy atom. The van der Waals surface area contributed by atoms with Gasteiger partial charge in [0.25, 0.3) is 5.91 Å². The Balaban J connectivity index is 1.97. The highest BCUT2D eigenvalue weighted by atomic mass is 32.2. The van der Waals surface area contributed by atoms with Crippen molar-refractivity contribution in [3.8, 4) is 0 Å². The fourth-order valence-corrected chi connectivity index (χ4v) is 3.26. The highest BCUT2D eigenvalue weighted by molar-refractivity contribution is 8.00. The van der Waals surface area contributed by atoms with E-state index >= 15 is 0 Å². The van der Waals surface area contributed by atoms with E-state index < -0.39 is 0 Å². The molecular weight excluding hydrogens is 262 g/mol. The van der Waals surface area contributed by atoms with Crippen LogP contribution in [0.5, 0.6) is 0 Å². The maximum Gasteiger partial charge on any atom is 0.271 e. The average Bonchev–Trinajstić information content (AvgIpc) is 2.94. The number of thioether (sulfide) groups is 1. The summed E-state index contributed by atoms with van der Waals surface area (Å²) in [7, 11) is 0. The quantitative estimate of drug-likeness (QED) is 0.554. The normalized spacial score (nSPS) is 17.2. The Labute approximate surface area is 116 Å². The number of carbonyl (C=O) groups excluding carboxylic acids is 1. The molecule has 1 saturated carbocycles.